The lowest BCUT2D eigenvalue weighted by molar-refractivity contribution is 0.0219. The molecule has 0 radical (unpaired) electrons. The molecule has 1 heterocycles. The number of aromatic nitrogens is 1. The van der Waals surface area contributed by atoms with Gasteiger partial charge >= 0.3 is 5.97 Å². The molecule has 4 rings (SSSR count). The summed E-state index contributed by atoms with van der Waals surface area (Å²) in [6.45, 7) is 10.6. The molecule has 30 heavy (non-hydrogen) atoms. The van der Waals surface area contributed by atoms with E-state index in [9.17, 15) is 9.59 Å². The van der Waals surface area contributed by atoms with Crippen LogP contribution in [0.5, 0.6) is 0 Å². The molecule has 1 aromatic carbocycles. The third-order valence-electron chi connectivity index (χ3n) is 6.98. The van der Waals surface area contributed by atoms with Gasteiger partial charge in [-0.05, 0) is 66.5 Å². The maximum absolute atomic E-state index is 13.0. The average molecular weight is 408 g/mol. The number of carbonyl (C=O) groups excluding carboxylic acids is 2. The standard InChI is InChI=1S/C26H33NO3/c1-15-7-6-8-22(15)30-25(29)24-16(2)23-20(27-24)13-18(14-21(23)28)17-9-11-19(12-10-17)26(3,4)5/h9-12,15,18,22,27H,6-8,13-14H2,1-5H3/t15-,18-,22+/m0/s1. The lowest BCUT2D eigenvalue weighted by Gasteiger charge is -2.24. The Balaban J connectivity index is 1.55. The topological polar surface area (TPSA) is 59.2 Å². The number of benzene rings is 1. The van der Waals surface area contributed by atoms with Gasteiger partial charge in [0.05, 0.1) is 0 Å². The molecular formula is C26H33NO3. The molecule has 160 valence electrons. The van der Waals surface area contributed by atoms with Gasteiger partial charge in [0.15, 0.2) is 5.78 Å². The lowest BCUT2D eigenvalue weighted by atomic mass is 9.80. The van der Waals surface area contributed by atoms with Crippen molar-refractivity contribution in [3.63, 3.8) is 0 Å². The Labute approximate surface area is 179 Å². The lowest BCUT2D eigenvalue weighted by Crippen LogP contribution is -2.21. The zero-order valence-corrected chi connectivity index (χ0v) is 18.8. The third-order valence-corrected chi connectivity index (χ3v) is 6.98. The van der Waals surface area contributed by atoms with E-state index in [1.165, 1.54) is 11.1 Å². The van der Waals surface area contributed by atoms with E-state index < -0.39 is 0 Å². The van der Waals surface area contributed by atoms with Crippen LogP contribution in [0.3, 0.4) is 0 Å². The van der Waals surface area contributed by atoms with Crippen LogP contribution in [0.1, 0.15) is 103 Å². The average Bonchev–Trinajstić information content (AvgIpc) is 3.24. The van der Waals surface area contributed by atoms with Crippen LogP contribution in [0.2, 0.25) is 0 Å². The summed E-state index contributed by atoms with van der Waals surface area (Å²) in [5.41, 5.74) is 5.35. The van der Waals surface area contributed by atoms with Crippen molar-refractivity contribution in [2.24, 2.45) is 5.92 Å². The van der Waals surface area contributed by atoms with E-state index in [4.69, 9.17) is 4.74 Å². The second kappa shape index (κ2) is 7.72. The van der Waals surface area contributed by atoms with Crippen LogP contribution >= 0.6 is 0 Å². The number of fused-ring (bicyclic) bond motifs is 1. The van der Waals surface area contributed by atoms with Crippen molar-refractivity contribution in [3.05, 3.63) is 57.9 Å². The summed E-state index contributed by atoms with van der Waals surface area (Å²) < 4.78 is 5.78. The Morgan fingerprint density at radius 1 is 1.10 bits per heavy atom. The van der Waals surface area contributed by atoms with Crippen LogP contribution in [0.25, 0.3) is 0 Å². The van der Waals surface area contributed by atoms with Crippen LogP contribution in [0, 0.1) is 12.8 Å². The molecule has 2 aliphatic rings. The monoisotopic (exact) mass is 407 g/mol. The molecule has 0 spiro atoms. The second-order valence-corrected chi connectivity index (χ2v) is 10.2. The number of aromatic amines is 1. The van der Waals surface area contributed by atoms with E-state index in [1.807, 2.05) is 6.92 Å². The summed E-state index contributed by atoms with van der Waals surface area (Å²) in [7, 11) is 0. The summed E-state index contributed by atoms with van der Waals surface area (Å²) in [4.78, 5) is 29.0. The number of esters is 1. The minimum atomic E-state index is -0.320. The van der Waals surface area contributed by atoms with E-state index in [2.05, 4.69) is 56.9 Å². The van der Waals surface area contributed by atoms with E-state index in [1.54, 1.807) is 0 Å². The zero-order chi connectivity index (χ0) is 21.6. The Bertz CT molecular complexity index is 961. The molecule has 0 bridgehead atoms. The van der Waals surface area contributed by atoms with Gasteiger partial charge in [-0.3, -0.25) is 4.79 Å². The summed E-state index contributed by atoms with van der Waals surface area (Å²) in [6, 6.07) is 8.63. The molecule has 1 saturated carbocycles. The summed E-state index contributed by atoms with van der Waals surface area (Å²) in [5.74, 6) is 0.333. The van der Waals surface area contributed by atoms with Gasteiger partial charge in [0.1, 0.15) is 11.8 Å². The molecule has 1 aromatic heterocycles. The van der Waals surface area contributed by atoms with Crippen molar-refractivity contribution >= 4 is 11.8 Å². The number of H-pyrrole nitrogens is 1. The smallest absolute Gasteiger partial charge is 0.355 e. The molecule has 4 nitrogen and oxygen atoms in total. The Morgan fingerprint density at radius 3 is 2.40 bits per heavy atom. The first-order valence-corrected chi connectivity index (χ1v) is 11.2. The van der Waals surface area contributed by atoms with Gasteiger partial charge < -0.3 is 9.72 Å². The Kier molecular flexibility index (Phi) is 5.37. The number of rotatable bonds is 3. The van der Waals surface area contributed by atoms with Crippen LogP contribution < -0.4 is 0 Å². The SMILES string of the molecule is Cc1c(C(=O)O[C@@H]2CCC[C@@H]2C)[nH]c2c1C(=O)C[C@@H](c1ccc(C(C)(C)C)cc1)C2. The molecule has 2 aliphatic carbocycles. The molecule has 1 fully saturated rings. The fraction of sp³-hybridized carbons (Fsp3) is 0.538. The molecule has 4 heteroatoms. The van der Waals surface area contributed by atoms with E-state index in [0.717, 1.165) is 36.9 Å². The van der Waals surface area contributed by atoms with Crippen molar-refractivity contribution in [2.75, 3.05) is 0 Å². The number of ketones is 1. The van der Waals surface area contributed by atoms with Gasteiger partial charge in [-0.25, -0.2) is 4.79 Å². The van der Waals surface area contributed by atoms with Gasteiger partial charge in [0.2, 0.25) is 0 Å². The fourth-order valence-corrected chi connectivity index (χ4v) is 5.01. The first-order valence-electron chi connectivity index (χ1n) is 11.2. The highest BCUT2D eigenvalue weighted by Crippen LogP contribution is 2.36. The minimum absolute atomic E-state index is 0.0120. The third kappa shape index (κ3) is 3.84. The maximum Gasteiger partial charge on any atom is 0.355 e. The van der Waals surface area contributed by atoms with Crippen molar-refractivity contribution < 1.29 is 14.3 Å². The van der Waals surface area contributed by atoms with Crippen molar-refractivity contribution in [3.8, 4) is 0 Å². The number of nitrogens with one attached hydrogen (secondary N) is 1. The predicted molar refractivity (Wildman–Crippen MR) is 118 cm³/mol. The fourth-order valence-electron chi connectivity index (χ4n) is 5.01. The van der Waals surface area contributed by atoms with Crippen LogP contribution in [-0.2, 0) is 16.6 Å². The van der Waals surface area contributed by atoms with Gasteiger partial charge in [-0.15, -0.1) is 0 Å². The van der Waals surface area contributed by atoms with Crippen molar-refractivity contribution in [1.82, 2.24) is 4.98 Å². The maximum atomic E-state index is 13.0. The molecule has 0 saturated heterocycles. The number of ether oxygens (including phenoxy) is 1. The van der Waals surface area contributed by atoms with Gasteiger partial charge in [-0.2, -0.15) is 0 Å². The van der Waals surface area contributed by atoms with Crippen molar-refractivity contribution in [2.45, 2.75) is 84.2 Å². The predicted octanol–water partition coefficient (Wildman–Crippen LogP) is 5.88. The quantitative estimate of drug-likeness (QED) is 0.647. The largest absolute Gasteiger partial charge is 0.457 e. The van der Waals surface area contributed by atoms with E-state index in [0.29, 0.717) is 23.6 Å². The highest BCUT2D eigenvalue weighted by atomic mass is 16.5. The molecule has 0 unspecified atom stereocenters. The molecule has 2 aromatic rings. The molecule has 3 atom stereocenters. The van der Waals surface area contributed by atoms with Crippen LogP contribution in [0.4, 0.5) is 0 Å². The van der Waals surface area contributed by atoms with Gasteiger partial charge in [0.25, 0.3) is 0 Å². The normalized spacial score (nSPS) is 24.0. The van der Waals surface area contributed by atoms with Gasteiger partial charge in [-0.1, -0.05) is 52.0 Å². The first-order chi connectivity index (χ1) is 14.1. The van der Waals surface area contributed by atoms with E-state index in [-0.39, 0.29) is 29.2 Å². The highest BCUT2D eigenvalue weighted by Gasteiger charge is 2.34. The number of hydrogen-bond donors (Lipinski definition) is 1. The summed E-state index contributed by atoms with van der Waals surface area (Å²) >= 11 is 0. The second-order valence-electron chi connectivity index (χ2n) is 10.2. The molecule has 0 amide bonds. The first kappa shape index (κ1) is 20.9. The highest BCUT2D eigenvalue weighted by molar-refractivity contribution is 6.03. The van der Waals surface area contributed by atoms with Gasteiger partial charge in [0, 0.05) is 17.7 Å². The molecular weight excluding hydrogens is 374 g/mol. The van der Waals surface area contributed by atoms with E-state index >= 15 is 0 Å². The number of carbonyl (C=O) groups is 2. The Morgan fingerprint density at radius 2 is 1.80 bits per heavy atom. The Hall–Kier alpha value is -2.36. The molecule has 1 N–H and O–H groups in total. The molecule has 0 aliphatic heterocycles. The number of Topliss-reactive ketones (excluding diaryl/α,β-unsaturated/α-hetero) is 1. The summed E-state index contributed by atoms with van der Waals surface area (Å²) in [6.07, 6.45) is 4.35. The number of hydrogen-bond acceptors (Lipinski definition) is 3. The van der Waals surface area contributed by atoms with Crippen LogP contribution in [-0.4, -0.2) is 22.8 Å². The zero-order valence-electron chi connectivity index (χ0n) is 18.8. The minimum Gasteiger partial charge on any atom is -0.457 e. The van der Waals surface area contributed by atoms with Crippen LogP contribution in [0.15, 0.2) is 24.3 Å². The van der Waals surface area contributed by atoms with Crippen molar-refractivity contribution in [1.29, 1.82) is 0 Å². The summed E-state index contributed by atoms with van der Waals surface area (Å²) in [5, 5.41) is 0.